The number of hydrogen-bond donors (Lipinski definition) is 2. The molecule has 1 amide bonds. The number of halogens is 1. The highest BCUT2D eigenvalue weighted by atomic mass is 19.1. The van der Waals surface area contributed by atoms with E-state index in [2.05, 4.69) is 5.32 Å². The van der Waals surface area contributed by atoms with Gasteiger partial charge in [0, 0.05) is 6.07 Å². The Morgan fingerprint density at radius 2 is 2.05 bits per heavy atom. The highest BCUT2D eigenvalue weighted by Gasteiger charge is 2.32. The van der Waals surface area contributed by atoms with Crippen molar-refractivity contribution in [3.05, 3.63) is 30.1 Å². The van der Waals surface area contributed by atoms with E-state index in [1.165, 1.54) is 18.2 Å². The maximum absolute atomic E-state index is 12.9. The van der Waals surface area contributed by atoms with Gasteiger partial charge in [-0.1, -0.05) is 26.8 Å². The van der Waals surface area contributed by atoms with Crippen LogP contribution in [0.3, 0.4) is 0 Å². The molecular formula is C14H18FNO4. The summed E-state index contributed by atoms with van der Waals surface area (Å²) < 4.78 is 18.0. The van der Waals surface area contributed by atoms with Crippen molar-refractivity contribution in [3.63, 3.8) is 0 Å². The summed E-state index contributed by atoms with van der Waals surface area (Å²) in [7, 11) is 0. The molecule has 20 heavy (non-hydrogen) atoms. The number of aliphatic carboxylic acids is 1. The molecule has 0 aromatic heterocycles. The Bertz CT molecular complexity index is 496. The van der Waals surface area contributed by atoms with Gasteiger partial charge in [0.05, 0.1) is 0 Å². The second-order valence-corrected chi connectivity index (χ2v) is 5.45. The summed E-state index contributed by atoms with van der Waals surface area (Å²) in [6.45, 7) is 4.75. The minimum atomic E-state index is -1.11. The Morgan fingerprint density at radius 1 is 1.40 bits per heavy atom. The summed E-state index contributed by atoms with van der Waals surface area (Å²) in [6, 6.07) is 4.34. The van der Waals surface area contributed by atoms with Crippen LogP contribution in [-0.4, -0.2) is 29.6 Å². The highest BCUT2D eigenvalue weighted by Crippen LogP contribution is 2.19. The second kappa shape index (κ2) is 6.36. The van der Waals surface area contributed by atoms with Gasteiger partial charge in [0.25, 0.3) is 5.91 Å². The zero-order valence-electron chi connectivity index (χ0n) is 11.6. The molecule has 1 aromatic rings. The van der Waals surface area contributed by atoms with Crippen molar-refractivity contribution in [3.8, 4) is 5.75 Å². The van der Waals surface area contributed by atoms with Crippen molar-refractivity contribution >= 4 is 11.9 Å². The number of nitrogens with one attached hydrogen (secondary N) is 1. The van der Waals surface area contributed by atoms with Crippen molar-refractivity contribution in [2.75, 3.05) is 6.61 Å². The fourth-order valence-electron chi connectivity index (χ4n) is 1.56. The molecule has 6 heteroatoms. The van der Waals surface area contributed by atoms with Crippen molar-refractivity contribution in [1.82, 2.24) is 5.32 Å². The lowest BCUT2D eigenvalue weighted by Crippen LogP contribution is -2.50. The summed E-state index contributed by atoms with van der Waals surface area (Å²) in [5.41, 5.74) is -0.625. The van der Waals surface area contributed by atoms with Gasteiger partial charge in [-0.2, -0.15) is 0 Å². The van der Waals surface area contributed by atoms with E-state index in [1.54, 1.807) is 20.8 Å². The lowest BCUT2D eigenvalue weighted by Gasteiger charge is -2.27. The van der Waals surface area contributed by atoms with E-state index in [4.69, 9.17) is 9.84 Å². The van der Waals surface area contributed by atoms with Crippen molar-refractivity contribution in [1.29, 1.82) is 0 Å². The van der Waals surface area contributed by atoms with E-state index in [0.29, 0.717) is 0 Å². The molecule has 0 bridgehead atoms. The molecule has 0 heterocycles. The number of hydrogen-bond acceptors (Lipinski definition) is 3. The van der Waals surface area contributed by atoms with Crippen LogP contribution >= 0.6 is 0 Å². The number of ether oxygens (including phenoxy) is 1. The number of carboxylic acid groups (broad SMARTS) is 1. The fraction of sp³-hybridized carbons (Fsp3) is 0.429. The van der Waals surface area contributed by atoms with Crippen LogP contribution in [0.25, 0.3) is 0 Å². The highest BCUT2D eigenvalue weighted by molar-refractivity contribution is 5.84. The van der Waals surface area contributed by atoms with Crippen LogP contribution in [0, 0.1) is 11.2 Å². The third-order valence-corrected chi connectivity index (χ3v) is 2.58. The van der Waals surface area contributed by atoms with E-state index >= 15 is 0 Å². The van der Waals surface area contributed by atoms with Crippen LogP contribution in [0.5, 0.6) is 5.75 Å². The van der Waals surface area contributed by atoms with E-state index in [9.17, 15) is 14.0 Å². The van der Waals surface area contributed by atoms with Crippen molar-refractivity contribution in [2.45, 2.75) is 26.8 Å². The third kappa shape index (κ3) is 4.87. The molecule has 2 N–H and O–H groups in total. The molecule has 1 rings (SSSR count). The van der Waals surface area contributed by atoms with Crippen LogP contribution in [0.4, 0.5) is 4.39 Å². The molecule has 5 nitrogen and oxygen atoms in total. The standard InChI is InChI=1S/C14H18FNO4/c1-14(2,3)12(13(18)19)16-11(17)8-20-10-6-4-5-9(15)7-10/h4-7,12H,8H2,1-3H3,(H,16,17)(H,18,19). The van der Waals surface area contributed by atoms with E-state index in [0.717, 1.165) is 6.07 Å². The first-order valence-electron chi connectivity index (χ1n) is 6.10. The zero-order chi connectivity index (χ0) is 15.3. The largest absolute Gasteiger partial charge is 0.484 e. The molecule has 0 aliphatic rings. The fourth-order valence-corrected chi connectivity index (χ4v) is 1.56. The average Bonchev–Trinajstić information content (AvgIpc) is 2.31. The summed E-state index contributed by atoms with van der Waals surface area (Å²) in [5, 5.41) is 11.5. The zero-order valence-corrected chi connectivity index (χ0v) is 11.6. The van der Waals surface area contributed by atoms with Gasteiger partial charge in [0.2, 0.25) is 0 Å². The predicted octanol–water partition coefficient (Wildman–Crippen LogP) is 1.82. The first-order chi connectivity index (χ1) is 9.20. The molecule has 110 valence electrons. The molecule has 1 unspecified atom stereocenters. The molecule has 0 saturated heterocycles. The molecule has 1 atom stereocenters. The van der Waals surface area contributed by atoms with Gasteiger partial charge >= 0.3 is 5.97 Å². The van der Waals surface area contributed by atoms with Gasteiger partial charge in [-0.3, -0.25) is 4.79 Å². The van der Waals surface area contributed by atoms with Crippen LogP contribution in [-0.2, 0) is 9.59 Å². The molecule has 0 aliphatic heterocycles. The summed E-state index contributed by atoms with van der Waals surface area (Å²) in [4.78, 5) is 22.8. The topological polar surface area (TPSA) is 75.6 Å². The predicted molar refractivity (Wildman–Crippen MR) is 70.9 cm³/mol. The number of rotatable bonds is 5. The number of carboxylic acids is 1. The first-order valence-corrected chi connectivity index (χ1v) is 6.10. The van der Waals surface area contributed by atoms with Crippen LogP contribution in [0.15, 0.2) is 24.3 Å². The van der Waals surface area contributed by atoms with E-state index in [-0.39, 0.29) is 12.4 Å². The maximum Gasteiger partial charge on any atom is 0.326 e. The molecule has 0 spiro atoms. The van der Waals surface area contributed by atoms with E-state index in [1.807, 2.05) is 0 Å². The Hall–Kier alpha value is -2.11. The number of carbonyl (C=O) groups is 2. The monoisotopic (exact) mass is 283 g/mol. The Balaban J connectivity index is 2.57. The first kappa shape index (κ1) is 15.9. The third-order valence-electron chi connectivity index (χ3n) is 2.58. The minimum absolute atomic E-state index is 0.211. The number of amides is 1. The summed E-state index contributed by atoms with van der Waals surface area (Å²) >= 11 is 0. The van der Waals surface area contributed by atoms with Gasteiger partial charge < -0.3 is 15.2 Å². The smallest absolute Gasteiger partial charge is 0.326 e. The van der Waals surface area contributed by atoms with Crippen LogP contribution in [0.1, 0.15) is 20.8 Å². The SMILES string of the molecule is CC(C)(C)C(NC(=O)COc1cccc(F)c1)C(=O)O. The number of benzene rings is 1. The molecule has 1 aromatic carbocycles. The maximum atomic E-state index is 12.9. The quantitative estimate of drug-likeness (QED) is 0.864. The lowest BCUT2D eigenvalue weighted by atomic mass is 9.87. The van der Waals surface area contributed by atoms with Crippen LogP contribution < -0.4 is 10.1 Å². The minimum Gasteiger partial charge on any atom is -0.484 e. The normalized spacial score (nSPS) is 12.6. The van der Waals surface area contributed by atoms with Crippen molar-refractivity contribution in [2.24, 2.45) is 5.41 Å². The second-order valence-electron chi connectivity index (χ2n) is 5.45. The molecule has 0 fully saturated rings. The Morgan fingerprint density at radius 3 is 2.55 bits per heavy atom. The van der Waals surface area contributed by atoms with Gasteiger partial charge in [-0.25, -0.2) is 9.18 Å². The average molecular weight is 283 g/mol. The van der Waals surface area contributed by atoms with Gasteiger partial charge in [-0.15, -0.1) is 0 Å². The number of carbonyl (C=O) groups excluding carboxylic acids is 1. The summed E-state index contributed by atoms with van der Waals surface area (Å²) in [5.74, 6) is -1.95. The van der Waals surface area contributed by atoms with Gasteiger partial charge in [0.15, 0.2) is 6.61 Å². The van der Waals surface area contributed by atoms with Gasteiger partial charge in [-0.05, 0) is 17.5 Å². The molecule has 0 saturated carbocycles. The van der Waals surface area contributed by atoms with E-state index < -0.39 is 29.2 Å². The lowest BCUT2D eigenvalue weighted by molar-refractivity contribution is -0.145. The molecule has 0 aliphatic carbocycles. The Kier molecular flexibility index (Phi) is 5.07. The molecule has 0 radical (unpaired) electrons. The Labute approximate surface area is 116 Å². The van der Waals surface area contributed by atoms with Crippen molar-refractivity contribution < 1.29 is 23.8 Å². The van der Waals surface area contributed by atoms with Gasteiger partial charge in [0.1, 0.15) is 17.6 Å². The van der Waals surface area contributed by atoms with Crippen LogP contribution in [0.2, 0.25) is 0 Å². The molecular weight excluding hydrogens is 265 g/mol. The summed E-state index contributed by atoms with van der Waals surface area (Å²) in [6.07, 6.45) is 0.